The minimum atomic E-state index is 0.148. The highest BCUT2D eigenvalue weighted by atomic mass is 14.8. The van der Waals surface area contributed by atoms with Crippen LogP contribution in [0, 0.1) is 0 Å². The monoisotopic (exact) mass is 155 g/mol. The van der Waals surface area contributed by atoms with Gasteiger partial charge < -0.3 is 0 Å². The fourth-order valence-electron chi connectivity index (χ4n) is 1.12. The molecule has 0 spiro atoms. The molecule has 0 aromatic rings. The van der Waals surface area contributed by atoms with Gasteiger partial charge in [0.1, 0.15) is 0 Å². The van der Waals surface area contributed by atoms with Gasteiger partial charge in [0.15, 0.2) is 0 Å². The quantitative estimate of drug-likeness (QED) is 0.411. The molecule has 0 radical (unpaired) electrons. The van der Waals surface area contributed by atoms with Crippen LogP contribution in [0.2, 0.25) is 0 Å². The molecule has 11 heavy (non-hydrogen) atoms. The molecule has 0 N–H and O–H groups in total. The Morgan fingerprint density at radius 2 is 1.91 bits per heavy atom. The highest BCUT2D eigenvalue weighted by molar-refractivity contribution is 5.25. The van der Waals surface area contributed by atoms with E-state index in [1.165, 1.54) is 25.7 Å². The van der Waals surface area contributed by atoms with Gasteiger partial charge in [-0.2, -0.15) is 0 Å². The summed E-state index contributed by atoms with van der Waals surface area (Å²) in [5, 5.41) is 0. The van der Waals surface area contributed by atoms with E-state index >= 15 is 0 Å². The first-order valence-electron chi connectivity index (χ1n) is 4.66. The molecule has 0 amide bonds. The molecular weight excluding hydrogens is 134 g/mol. The Kier molecular flexibility index (Phi) is 5.18. The summed E-state index contributed by atoms with van der Waals surface area (Å²) in [6.45, 7) is 10.2. The third-order valence-corrected chi connectivity index (χ3v) is 2.46. The molecule has 0 heterocycles. The molecule has 0 fully saturated rings. The van der Waals surface area contributed by atoms with E-state index in [2.05, 4.69) is 32.5 Å². The normalized spacial score (nSPS) is 15.9. The molecule has 66 valence electrons. The van der Waals surface area contributed by atoms with E-state index in [4.69, 9.17) is 0 Å². The Balaban J connectivity index is 3.60. The Morgan fingerprint density at radius 1 is 1.27 bits per heavy atom. The van der Waals surface area contributed by atoms with Crippen LogP contribution in [0.3, 0.4) is 0 Å². The van der Waals surface area contributed by atoms with Crippen molar-refractivity contribution >= 4 is 6.72 Å². The van der Waals surface area contributed by atoms with E-state index in [-0.39, 0.29) is 5.54 Å². The van der Waals surface area contributed by atoms with Crippen molar-refractivity contribution in [3.05, 3.63) is 0 Å². The van der Waals surface area contributed by atoms with Gasteiger partial charge in [0, 0.05) is 0 Å². The Hall–Kier alpha value is -0.330. The van der Waals surface area contributed by atoms with E-state index in [9.17, 15) is 0 Å². The number of hydrogen-bond acceptors (Lipinski definition) is 1. The molecule has 1 atom stereocenters. The van der Waals surface area contributed by atoms with Crippen LogP contribution in [0.25, 0.3) is 0 Å². The molecule has 0 saturated heterocycles. The summed E-state index contributed by atoms with van der Waals surface area (Å²) in [4.78, 5) is 4.16. The van der Waals surface area contributed by atoms with Gasteiger partial charge in [0.25, 0.3) is 0 Å². The van der Waals surface area contributed by atoms with Gasteiger partial charge in [-0.1, -0.05) is 33.1 Å². The lowest BCUT2D eigenvalue weighted by Gasteiger charge is -2.22. The second-order valence-corrected chi connectivity index (χ2v) is 3.47. The number of nitrogens with zero attached hydrogens (tertiary/aromatic N) is 1. The van der Waals surface area contributed by atoms with Crippen LogP contribution in [0.4, 0.5) is 0 Å². The molecule has 0 aliphatic rings. The van der Waals surface area contributed by atoms with Crippen LogP contribution in [0.5, 0.6) is 0 Å². The predicted octanol–water partition coefficient (Wildman–Crippen LogP) is 3.44. The van der Waals surface area contributed by atoms with Gasteiger partial charge in [-0.25, -0.2) is 0 Å². The zero-order valence-electron chi connectivity index (χ0n) is 8.19. The fraction of sp³-hybridized carbons (Fsp3) is 0.900. The lowest BCUT2D eigenvalue weighted by molar-refractivity contribution is 0.404. The van der Waals surface area contributed by atoms with Gasteiger partial charge in [-0.15, -0.1) is 0 Å². The lowest BCUT2D eigenvalue weighted by Crippen LogP contribution is -2.19. The van der Waals surface area contributed by atoms with Crippen molar-refractivity contribution < 1.29 is 0 Å². The standard InChI is InChI=1S/C10H21N/c1-5-7-8-9-10(3,6-2)11-4/h4-9H2,1-3H3. The molecule has 0 aliphatic heterocycles. The minimum absolute atomic E-state index is 0.148. The van der Waals surface area contributed by atoms with Crippen molar-refractivity contribution in [1.82, 2.24) is 0 Å². The van der Waals surface area contributed by atoms with Gasteiger partial charge in [0.2, 0.25) is 0 Å². The summed E-state index contributed by atoms with van der Waals surface area (Å²) in [6, 6.07) is 0. The number of hydrogen-bond donors (Lipinski definition) is 0. The molecule has 0 saturated carbocycles. The smallest absolute Gasteiger partial charge is 0.0570 e. The molecule has 0 bridgehead atoms. The zero-order chi connectivity index (χ0) is 8.74. The molecule has 1 heteroatoms. The maximum absolute atomic E-state index is 4.16. The van der Waals surface area contributed by atoms with Crippen LogP contribution in [0.1, 0.15) is 52.9 Å². The molecular formula is C10H21N. The first kappa shape index (κ1) is 10.7. The van der Waals surface area contributed by atoms with E-state index in [0.717, 1.165) is 6.42 Å². The lowest BCUT2D eigenvalue weighted by atomic mass is 9.92. The van der Waals surface area contributed by atoms with Crippen LogP contribution in [0.15, 0.2) is 4.99 Å². The first-order valence-corrected chi connectivity index (χ1v) is 4.66. The predicted molar refractivity (Wildman–Crippen MR) is 52.4 cm³/mol. The van der Waals surface area contributed by atoms with Crippen molar-refractivity contribution in [3.8, 4) is 0 Å². The third kappa shape index (κ3) is 4.18. The third-order valence-electron chi connectivity index (χ3n) is 2.46. The molecule has 0 rings (SSSR count). The molecule has 0 aliphatic carbocycles. The Labute approximate surface area is 70.9 Å². The van der Waals surface area contributed by atoms with Crippen molar-refractivity contribution in [1.29, 1.82) is 0 Å². The SMILES string of the molecule is C=NC(C)(CC)CCCCC. The largest absolute Gasteiger partial charge is 0.295 e. The highest BCUT2D eigenvalue weighted by Gasteiger charge is 2.17. The van der Waals surface area contributed by atoms with E-state index < -0.39 is 0 Å². The van der Waals surface area contributed by atoms with E-state index in [1.807, 2.05) is 0 Å². The highest BCUT2D eigenvalue weighted by Crippen LogP contribution is 2.21. The van der Waals surface area contributed by atoms with Crippen molar-refractivity contribution in [3.63, 3.8) is 0 Å². The molecule has 0 aromatic carbocycles. The first-order chi connectivity index (χ1) is 5.18. The van der Waals surface area contributed by atoms with Gasteiger partial charge in [-0.05, 0) is 26.5 Å². The fourth-order valence-corrected chi connectivity index (χ4v) is 1.12. The van der Waals surface area contributed by atoms with E-state index in [0.29, 0.717) is 0 Å². The maximum atomic E-state index is 4.16. The second-order valence-electron chi connectivity index (χ2n) is 3.47. The molecule has 0 aromatic heterocycles. The van der Waals surface area contributed by atoms with Crippen LogP contribution in [-0.4, -0.2) is 12.3 Å². The number of rotatable bonds is 6. The second kappa shape index (κ2) is 5.34. The average molecular weight is 155 g/mol. The Morgan fingerprint density at radius 3 is 2.27 bits per heavy atom. The summed E-state index contributed by atoms with van der Waals surface area (Å²) >= 11 is 0. The summed E-state index contributed by atoms with van der Waals surface area (Å²) in [5.41, 5.74) is 0.148. The van der Waals surface area contributed by atoms with Crippen molar-refractivity contribution in [2.45, 2.75) is 58.4 Å². The summed E-state index contributed by atoms with van der Waals surface area (Å²) in [6.07, 6.45) is 6.21. The summed E-state index contributed by atoms with van der Waals surface area (Å²) in [7, 11) is 0. The summed E-state index contributed by atoms with van der Waals surface area (Å²) < 4.78 is 0. The van der Waals surface area contributed by atoms with Gasteiger partial charge in [0.05, 0.1) is 5.54 Å². The average Bonchev–Trinajstić information content (AvgIpc) is 2.05. The Bertz CT molecular complexity index is 109. The van der Waals surface area contributed by atoms with Crippen LogP contribution >= 0.6 is 0 Å². The summed E-state index contributed by atoms with van der Waals surface area (Å²) in [5.74, 6) is 0. The van der Waals surface area contributed by atoms with Crippen molar-refractivity contribution in [2.24, 2.45) is 4.99 Å². The maximum Gasteiger partial charge on any atom is 0.0570 e. The van der Waals surface area contributed by atoms with Crippen molar-refractivity contribution in [2.75, 3.05) is 0 Å². The van der Waals surface area contributed by atoms with Gasteiger partial charge in [-0.3, -0.25) is 4.99 Å². The van der Waals surface area contributed by atoms with Crippen LogP contribution < -0.4 is 0 Å². The van der Waals surface area contributed by atoms with E-state index in [1.54, 1.807) is 0 Å². The molecule has 1 nitrogen and oxygen atoms in total. The topological polar surface area (TPSA) is 12.4 Å². The number of aliphatic imine (C=N–C) groups is 1. The van der Waals surface area contributed by atoms with Gasteiger partial charge >= 0.3 is 0 Å². The van der Waals surface area contributed by atoms with Crippen LogP contribution in [-0.2, 0) is 0 Å². The molecule has 1 unspecified atom stereocenters. The number of unbranched alkanes of at least 4 members (excludes halogenated alkanes) is 2. The zero-order valence-corrected chi connectivity index (χ0v) is 8.19. The minimum Gasteiger partial charge on any atom is -0.295 e.